The number of hydrogen-bond donors (Lipinski definition) is 2. The lowest BCUT2D eigenvalue weighted by molar-refractivity contribution is -0.134. The van der Waals surface area contributed by atoms with Crippen molar-refractivity contribution in [3.8, 4) is 0 Å². The zero-order valence-corrected chi connectivity index (χ0v) is 12.3. The molecule has 0 unspecified atom stereocenters. The van der Waals surface area contributed by atoms with E-state index < -0.39 is 17.3 Å². The van der Waals surface area contributed by atoms with Crippen LogP contribution in [0.3, 0.4) is 0 Å². The van der Waals surface area contributed by atoms with Crippen LogP contribution < -0.4 is 10.6 Å². The van der Waals surface area contributed by atoms with Gasteiger partial charge in [-0.15, -0.1) is 6.58 Å². The Bertz CT molecular complexity index is 620. The summed E-state index contributed by atoms with van der Waals surface area (Å²) < 4.78 is 4.68. The van der Waals surface area contributed by atoms with E-state index in [0.29, 0.717) is 25.1 Å². The number of amides is 2. The second kappa shape index (κ2) is 6.43. The van der Waals surface area contributed by atoms with Crippen molar-refractivity contribution in [2.45, 2.75) is 12.8 Å². The molecule has 1 saturated carbocycles. The molecule has 0 radical (unpaired) electrons. The van der Waals surface area contributed by atoms with Gasteiger partial charge in [-0.1, -0.05) is 18.2 Å². The topological polar surface area (TPSA) is 84.5 Å². The van der Waals surface area contributed by atoms with Crippen molar-refractivity contribution in [3.63, 3.8) is 0 Å². The molecule has 0 spiro atoms. The van der Waals surface area contributed by atoms with Crippen molar-refractivity contribution >= 4 is 23.5 Å². The molecule has 0 atom stereocenters. The molecule has 1 aliphatic rings. The van der Waals surface area contributed by atoms with Gasteiger partial charge in [-0.3, -0.25) is 9.59 Å². The van der Waals surface area contributed by atoms with Crippen LogP contribution in [-0.2, 0) is 14.3 Å². The largest absolute Gasteiger partial charge is 0.465 e. The monoisotopic (exact) mass is 302 g/mol. The van der Waals surface area contributed by atoms with E-state index in [0.717, 1.165) is 0 Å². The van der Waals surface area contributed by atoms with Crippen molar-refractivity contribution in [2.24, 2.45) is 5.41 Å². The van der Waals surface area contributed by atoms with Crippen LogP contribution in [0.1, 0.15) is 23.2 Å². The summed E-state index contributed by atoms with van der Waals surface area (Å²) in [5, 5.41) is 5.30. The van der Waals surface area contributed by atoms with Gasteiger partial charge < -0.3 is 15.4 Å². The van der Waals surface area contributed by atoms with Crippen LogP contribution in [0.4, 0.5) is 5.69 Å². The lowest BCUT2D eigenvalue weighted by Gasteiger charge is -2.16. The Morgan fingerprint density at radius 3 is 2.55 bits per heavy atom. The highest BCUT2D eigenvalue weighted by Gasteiger charge is 2.56. The van der Waals surface area contributed by atoms with Gasteiger partial charge in [0.15, 0.2) is 0 Å². The van der Waals surface area contributed by atoms with Crippen molar-refractivity contribution in [1.82, 2.24) is 5.32 Å². The van der Waals surface area contributed by atoms with Gasteiger partial charge in [0, 0.05) is 6.54 Å². The molecule has 0 heterocycles. The minimum atomic E-state index is -1.05. The molecular weight excluding hydrogens is 284 g/mol. The summed E-state index contributed by atoms with van der Waals surface area (Å²) in [7, 11) is 1.27. The minimum Gasteiger partial charge on any atom is -0.465 e. The third-order valence-corrected chi connectivity index (χ3v) is 3.61. The van der Waals surface area contributed by atoms with Crippen LogP contribution in [0.25, 0.3) is 0 Å². The quantitative estimate of drug-likeness (QED) is 0.474. The first-order valence-corrected chi connectivity index (χ1v) is 6.93. The van der Waals surface area contributed by atoms with Crippen molar-refractivity contribution < 1.29 is 19.1 Å². The third-order valence-electron chi connectivity index (χ3n) is 3.61. The zero-order valence-electron chi connectivity index (χ0n) is 12.3. The molecule has 0 bridgehead atoms. The number of rotatable bonds is 6. The molecule has 1 aromatic carbocycles. The van der Waals surface area contributed by atoms with E-state index in [4.69, 9.17) is 0 Å². The number of hydrogen-bond acceptors (Lipinski definition) is 4. The molecule has 0 saturated heterocycles. The second-order valence-corrected chi connectivity index (χ2v) is 5.07. The fourth-order valence-corrected chi connectivity index (χ4v) is 2.14. The van der Waals surface area contributed by atoms with Gasteiger partial charge in [-0.2, -0.15) is 0 Å². The number of carbonyl (C=O) groups excluding carboxylic acids is 3. The van der Waals surface area contributed by atoms with Crippen LogP contribution in [0.15, 0.2) is 36.9 Å². The summed E-state index contributed by atoms with van der Waals surface area (Å²) in [5.74, 6) is -1.28. The molecule has 2 rings (SSSR count). The summed E-state index contributed by atoms with van der Waals surface area (Å²) in [4.78, 5) is 36.2. The number of esters is 1. The summed E-state index contributed by atoms with van der Waals surface area (Å²) in [5.41, 5.74) is -0.463. The van der Waals surface area contributed by atoms with E-state index >= 15 is 0 Å². The number of para-hydroxylation sites is 1. The molecule has 6 nitrogen and oxygen atoms in total. The molecule has 2 N–H and O–H groups in total. The molecule has 0 aromatic heterocycles. The molecule has 6 heteroatoms. The van der Waals surface area contributed by atoms with Gasteiger partial charge in [-0.25, -0.2) is 4.79 Å². The van der Waals surface area contributed by atoms with E-state index in [1.165, 1.54) is 7.11 Å². The maximum atomic E-state index is 12.4. The fraction of sp³-hybridized carbons (Fsp3) is 0.312. The van der Waals surface area contributed by atoms with Crippen LogP contribution in [0.5, 0.6) is 0 Å². The normalized spacial score (nSPS) is 14.6. The first-order chi connectivity index (χ1) is 10.5. The van der Waals surface area contributed by atoms with Gasteiger partial charge in [-0.05, 0) is 25.0 Å². The molecule has 0 aliphatic heterocycles. The van der Waals surface area contributed by atoms with Gasteiger partial charge in [0.05, 0.1) is 18.4 Å². The smallest absolute Gasteiger partial charge is 0.339 e. The SMILES string of the molecule is C=CCNC(=O)C1(C(=O)Nc2ccccc2C(=O)OC)CC1. The molecular formula is C16H18N2O4. The minimum absolute atomic E-state index is 0.251. The molecule has 1 aliphatic carbocycles. The van der Waals surface area contributed by atoms with E-state index in [1.54, 1.807) is 30.3 Å². The molecule has 1 fully saturated rings. The first-order valence-electron chi connectivity index (χ1n) is 6.93. The van der Waals surface area contributed by atoms with Gasteiger partial charge in [0.1, 0.15) is 5.41 Å². The summed E-state index contributed by atoms with van der Waals surface area (Å²) in [6, 6.07) is 6.52. The lowest BCUT2D eigenvalue weighted by Crippen LogP contribution is -2.40. The van der Waals surface area contributed by atoms with Crippen molar-refractivity contribution in [1.29, 1.82) is 0 Å². The Morgan fingerprint density at radius 1 is 1.27 bits per heavy atom. The maximum Gasteiger partial charge on any atom is 0.339 e. The predicted molar refractivity (Wildman–Crippen MR) is 81.3 cm³/mol. The second-order valence-electron chi connectivity index (χ2n) is 5.07. The fourth-order valence-electron chi connectivity index (χ4n) is 2.14. The predicted octanol–water partition coefficient (Wildman–Crippen LogP) is 1.49. The van der Waals surface area contributed by atoms with Gasteiger partial charge >= 0.3 is 5.97 Å². The Hall–Kier alpha value is -2.63. The van der Waals surface area contributed by atoms with Gasteiger partial charge in [0.2, 0.25) is 11.8 Å². The number of anilines is 1. The molecule has 116 valence electrons. The highest BCUT2D eigenvalue weighted by atomic mass is 16.5. The highest BCUT2D eigenvalue weighted by Crippen LogP contribution is 2.47. The summed E-state index contributed by atoms with van der Waals surface area (Å²) >= 11 is 0. The summed E-state index contributed by atoms with van der Waals surface area (Å²) in [6.45, 7) is 3.83. The first kappa shape index (κ1) is 15.8. The average Bonchev–Trinajstić information content (AvgIpc) is 3.34. The third kappa shape index (κ3) is 3.00. The van der Waals surface area contributed by atoms with Crippen molar-refractivity contribution in [3.05, 3.63) is 42.5 Å². The van der Waals surface area contributed by atoms with E-state index in [-0.39, 0.29) is 11.5 Å². The number of ether oxygens (including phenoxy) is 1. The lowest BCUT2D eigenvalue weighted by atomic mass is 10.0. The molecule has 1 aromatic rings. The summed E-state index contributed by atoms with van der Waals surface area (Å²) in [6.07, 6.45) is 2.53. The number of methoxy groups -OCH3 is 1. The van der Waals surface area contributed by atoms with Crippen molar-refractivity contribution in [2.75, 3.05) is 19.0 Å². The van der Waals surface area contributed by atoms with Crippen LogP contribution >= 0.6 is 0 Å². The Kier molecular flexibility index (Phi) is 4.60. The molecule has 2 amide bonds. The van der Waals surface area contributed by atoms with E-state index in [1.807, 2.05) is 0 Å². The Morgan fingerprint density at radius 2 is 1.95 bits per heavy atom. The maximum absolute atomic E-state index is 12.4. The van der Waals surface area contributed by atoms with E-state index in [2.05, 4.69) is 21.9 Å². The number of nitrogens with one attached hydrogen (secondary N) is 2. The highest BCUT2D eigenvalue weighted by molar-refractivity contribution is 6.14. The standard InChI is InChI=1S/C16H18N2O4/c1-3-10-17-14(20)16(8-9-16)15(21)18-12-7-5-4-6-11(12)13(19)22-2/h3-7H,1,8-10H2,2H3,(H,17,20)(H,18,21). The number of carbonyl (C=O) groups is 3. The number of benzene rings is 1. The molecule has 22 heavy (non-hydrogen) atoms. The van der Waals surface area contributed by atoms with Crippen LogP contribution in [0, 0.1) is 5.41 Å². The van der Waals surface area contributed by atoms with Crippen LogP contribution in [-0.4, -0.2) is 31.4 Å². The van der Waals surface area contributed by atoms with E-state index in [9.17, 15) is 14.4 Å². The zero-order chi connectivity index (χ0) is 16.2. The Balaban J connectivity index is 2.14. The van der Waals surface area contributed by atoms with Gasteiger partial charge in [0.25, 0.3) is 0 Å². The average molecular weight is 302 g/mol. The van der Waals surface area contributed by atoms with Crippen LogP contribution in [0.2, 0.25) is 0 Å². The Labute approximate surface area is 128 Å².